The Hall–Kier alpha value is -0.490. The summed E-state index contributed by atoms with van der Waals surface area (Å²) in [6.45, 7) is -1.27. The maximum Gasteiger partial charge on any atom is 0.413 e. The monoisotopic (exact) mass is 273 g/mol. The highest BCUT2D eigenvalue weighted by molar-refractivity contribution is 6.35. The summed E-state index contributed by atoms with van der Waals surface area (Å²) in [6.07, 6.45) is -4.35. The van der Waals surface area contributed by atoms with E-state index >= 15 is 0 Å². The molecule has 0 aliphatic rings. The van der Waals surface area contributed by atoms with Crippen LogP contribution in [-0.2, 0) is 11.4 Å². The second-order valence-corrected chi connectivity index (χ2v) is 3.80. The van der Waals surface area contributed by atoms with Crippen LogP contribution in [0.5, 0.6) is 0 Å². The lowest BCUT2D eigenvalue weighted by atomic mass is 10.2. The molecule has 1 N–H and O–H groups in total. The molecule has 90 valence electrons. The van der Waals surface area contributed by atoms with Crippen molar-refractivity contribution in [1.29, 1.82) is 0 Å². The van der Waals surface area contributed by atoms with E-state index in [-0.39, 0.29) is 6.54 Å². The molecule has 1 aromatic rings. The predicted octanol–water partition coefficient (Wildman–Crippen LogP) is 3.58. The van der Waals surface area contributed by atoms with E-state index < -0.39 is 12.8 Å². The average Bonchev–Trinajstić information content (AvgIpc) is 2.13. The van der Waals surface area contributed by atoms with Gasteiger partial charge in [0.05, 0.1) is 0 Å². The van der Waals surface area contributed by atoms with Gasteiger partial charge in [-0.25, -0.2) is 0 Å². The molecule has 0 heterocycles. The number of alkyl halides is 3. The van der Waals surface area contributed by atoms with Crippen LogP contribution in [0.1, 0.15) is 5.56 Å². The van der Waals surface area contributed by atoms with Crippen LogP contribution in [0, 0.1) is 0 Å². The van der Waals surface area contributed by atoms with E-state index in [0.29, 0.717) is 15.6 Å². The standard InChI is InChI=1S/C9H8Cl2F3NO/c10-7-2-1-6(8(11)3-7)4-15-16-5-9(12,13)14/h1-3,15H,4-5H2. The van der Waals surface area contributed by atoms with Crippen molar-refractivity contribution >= 4 is 23.2 Å². The van der Waals surface area contributed by atoms with Gasteiger partial charge in [-0.1, -0.05) is 29.3 Å². The molecule has 16 heavy (non-hydrogen) atoms. The first kappa shape index (κ1) is 13.6. The number of nitrogens with one attached hydrogen (secondary N) is 1. The van der Waals surface area contributed by atoms with Gasteiger partial charge in [0.15, 0.2) is 6.61 Å². The minimum absolute atomic E-state index is 0.0755. The first-order chi connectivity index (χ1) is 7.38. The van der Waals surface area contributed by atoms with Crippen LogP contribution < -0.4 is 5.48 Å². The Kier molecular flexibility index (Phi) is 4.86. The summed E-state index contributed by atoms with van der Waals surface area (Å²) >= 11 is 11.4. The van der Waals surface area contributed by atoms with Gasteiger partial charge < -0.3 is 0 Å². The van der Waals surface area contributed by atoms with Gasteiger partial charge in [0.25, 0.3) is 0 Å². The fraction of sp³-hybridized carbons (Fsp3) is 0.333. The molecule has 0 fully saturated rings. The summed E-state index contributed by atoms with van der Waals surface area (Å²) in [5, 5.41) is 0.834. The summed E-state index contributed by atoms with van der Waals surface area (Å²) in [4.78, 5) is 4.22. The Morgan fingerprint density at radius 3 is 2.50 bits per heavy atom. The van der Waals surface area contributed by atoms with Crippen LogP contribution in [0.3, 0.4) is 0 Å². The molecule has 0 aromatic heterocycles. The number of benzene rings is 1. The topological polar surface area (TPSA) is 21.3 Å². The third-order valence-corrected chi connectivity index (χ3v) is 2.20. The summed E-state index contributed by atoms with van der Waals surface area (Å²) in [6, 6.07) is 4.70. The van der Waals surface area contributed by atoms with E-state index in [9.17, 15) is 13.2 Å². The van der Waals surface area contributed by atoms with Gasteiger partial charge >= 0.3 is 6.18 Å². The highest BCUT2D eigenvalue weighted by atomic mass is 35.5. The Morgan fingerprint density at radius 1 is 1.25 bits per heavy atom. The Labute approximate surface area is 100 Å². The second-order valence-electron chi connectivity index (χ2n) is 2.96. The highest BCUT2D eigenvalue weighted by Gasteiger charge is 2.27. The molecule has 0 aliphatic carbocycles. The van der Waals surface area contributed by atoms with Crippen LogP contribution in [0.4, 0.5) is 13.2 Å². The van der Waals surface area contributed by atoms with Crippen molar-refractivity contribution in [3.05, 3.63) is 33.8 Å². The van der Waals surface area contributed by atoms with Gasteiger partial charge in [-0.2, -0.15) is 18.7 Å². The Bertz CT molecular complexity index is 357. The smallest absolute Gasteiger partial charge is 0.292 e. The normalized spacial score (nSPS) is 11.8. The number of halogens is 5. The van der Waals surface area contributed by atoms with Gasteiger partial charge in [0.2, 0.25) is 0 Å². The molecule has 1 rings (SSSR count). The molecule has 0 spiro atoms. The first-order valence-electron chi connectivity index (χ1n) is 4.24. The molecular weight excluding hydrogens is 266 g/mol. The van der Waals surface area contributed by atoms with Gasteiger partial charge in [-0.3, -0.25) is 4.84 Å². The van der Waals surface area contributed by atoms with Crippen LogP contribution in [0.15, 0.2) is 18.2 Å². The SMILES string of the molecule is FC(F)(F)CONCc1ccc(Cl)cc1Cl. The predicted molar refractivity (Wildman–Crippen MR) is 55.3 cm³/mol. The number of hydrogen-bond acceptors (Lipinski definition) is 2. The van der Waals surface area contributed by atoms with Crippen molar-refractivity contribution in [2.75, 3.05) is 6.61 Å². The molecule has 0 aliphatic heterocycles. The van der Waals surface area contributed by atoms with E-state index in [4.69, 9.17) is 23.2 Å². The van der Waals surface area contributed by atoms with Crippen molar-refractivity contribution < 1.29 is 18.0 Å². The van der Waals surface area contributed by atoms with Gasteiger partial charge in [-0.05, 0) is 17.7 Å². The summed E-state index contributed by atoms with van der Waals surface area (Å²) in [5.41, 5.74) is 2.78. The number of rotatable bonds is 4. The maximum atomic E-state index is 11.7. The minimum Gasteiger partial charge on any atom is -0.292 e. The molecule has 1 aromatic carbocycles. The van der Waals surface area contributed by atoms with Crippen molar-refractivity contribution in [2.45, 2.75) is 12.7 Å². The largest absolute Gasteiger partial charge is 0.413 e. The van der Waals surface area contributed by atoms with E-state index in [1.165, 1.54) is 6.07 Å². The van der Waals surface area contributed by atoms with Crippen molar-refractivity contribution in [1.82, 2.24) is 5.48 Å². The molecule has 2 nitrogen and oxygen atoms in total. The fourth-order valence-corrected chi connectivity index (χ4v) is 1.40. The first-order valence-corrected chi connectivity index (χ1v) is 4.99. The van der Waals surface area contributed by atoms with E-state index in [2.05, 4.69) is 10.3 Å². The summed E-state index contributed by atoms with van der Waals surface area (Å²) in [5.74, 6) is 0. The molecule has 0 saturated heterocycles. The fourth-order valence-electron chi connectivity index (χ4n) is 0.927. The lowest BCUT2D eigenvalue weighted by Gasteiger charge is -2.09. The minimum atomic E-state index is -4.35. The maximum absolute atomic E-state index is 11.7. The Morgan fingerprint density at radius 2 is 1.94 bits per heavy atom. The van der Waals surface area contributed by atoms with Crippen LogP contribution >= 0.6 is 23.2 Å². The molecule has 7 heteroatoms. The zero-order valence-electron chi connectivity index (χ0n) is 7.94. The van der Waals surface area contributed by atoms with Crippen LogP contribution in [-0.4, -0.2) is 12.8 Å². The van der Waals surface area contributed by atoms with E-state index in [1.807, 2.05) is 0 Å². The lowest BCUT2D eigenvalue weighted by molar-refractivity contribution is -0.190. The van der Waals surface area contributed by atoms with E-state index in [1.54, 1.807) is 12.1 Å². The average molecular weight is 274 g/mol. The van der Waals surface area contributed by atoms with Crippen LogP contribution in [0.2, 0.25) is 10.0 Å². The third-order valence-electron chi connectivity index (χ3n) is 1.62. The third kappa shape index (κ3) is 5.03. The summed E-state index contributed by atoms with van der Waals surface area (Å²) < 4.78 is 35.1. The quantitative estimate of drug-likeness (QED) is 0.669. The molecule has 0 radical (unpaired) electrons. The lowest BCUT2D eigenvalue weighted by Crippen LogP contribution is -2.24. The number of hydroxylamine groups is 1. The zero-order valence-corrected chi connectivity index (χ0v) is 9.46. The molecule has 0 amide bonds. The molecule has 0 atom stereocenters. The van der Waals surface area contributed by atoms with E-state index in [0.717, 1.165) is 0 Å². The molecular formula is C9H8Cl2F3NO. The second kappa shape index (κ2) is 5.72. The van der Waals surface area contributed by atoms with Crippen LogP contribution in [0.25, 0.3) is 0 Å². The van der Waals surface area contributed by atoms with Crippen molar-refractivity contribution in [3.63, 3.8) is 0 Å². The molecule has 0 unspecified atom stereocenters. The van der Waals surface area contributed by atoms with Crippen molar-refractivity contribution in [2.24, 2.45) is 0 Å². The molecule has 0 saturated carbocycles. The number of hydrogen-bond donors (Lipinski definition) is 1. The Balaban J connectivity index is 2.38. The van der Waals surface area contributed by atoms with Gasteiger partial charge in [-0.15, -0.1) is 0 Å². The zero-order chi connectivity index (χ0) is 12.2. The molecule has 0 bridgehead atoms. The van der Waals surface area contributed by atoms with Crippen molar-refractivity contribution in [3.8, 4) is 0 Å². The van der Waals surface area contributed by atoms with Gasteiger partial charge in [0, 0.05) is 16.6 Å². The summed E-state index contributed by atoms with van der Waals surface area (Å²) in [7, 11) is 0. The van der Waals surface area contributed by atoms with Gasteiger partial charge in [0.1, 0.15) is 0 Å². The highest BCUT2D eigenvalue weighted by Crippen LogP contribution is 2.20.